The lowest BCUT2D eigenvalue weighted by Gasteiger charge is -2.09. The zero-order valence-corrected chi connectivity index (χ0v) is 6.68. The topological polar surface area (TPSA) is 18.5 Å². The Balaban J connectivity index is 2.46. The molecule has 0 amide bonds. The van der Waals surface area contributed by atoms with Crippen molar-refractivity contribution in [1.29, 1.82) is 0 Å². The van der Waals surface area contributed by atoms with Crippen LogP contribution in [-0.2, 0) is 9.47 Å². The quantitative estimate of drug-likeness (QED) is 0.597. The van der Waals surface area contributed by atoms with Crippen molar-refractivity contribution in [1.82, 2.24) is 0 Å². The first-order valence-corrected chi connectivity index (χ1v) is 3.59. The van der Waals surface area contributed by atoms with E-state index in [0.717, 1.165) is 17.9 Å². The van der Waals surface area contributed by atoms with E-state index < -0.39 is 0 Å². The molecule has 0 spiro atoms. The van der Waals surface area contributed by atoms with Gasteiger partial charge in [-0.3, -0.25) is 0 Å². The molecule has 0 unspecified atom stereocenters. The van der Waals surface area contributed by atoms with E-state index in [4.69, 9.17) is 9.47 Å². The number of allylic oxidation sites excluding steroid dienone is 4. The average molecular weight is 150 g/mol. The minimum atomic E-state index is 0.907. The summed E-state index contributed by atoms with van der Waals surface area (Å²) in [5.41, 5.74) is 2.47. The lowest BCUT2D eigenvalue weighted by atomic mass is 10.2. The maximum absolute atomic E-state index is 5.19. The van der Waals surface area contributed by atoms with Crippen molar-refractivity contribution in [2.24, 2.45) is 0 Å². The Morgan fingerprint density at radius 2 is 1.45 bits per heavy atom. The van der Waals surface area contributed by atoms with Crippen molar-refractivity contribution in [3.05, 3.63) is 34.8 Å². The van der Waals surface area contributed by atoms with Crippen LogP contribution in [0.15, 0.2) is 34.8 Å². The van der Waals surface area contributed by atoms with Gasteiger partial charge in [0.1, 0.15) is 0 Å². The fourth-order valence-corrected chi connectivity index (χ4v) is 1.58. The second-order valence-electron chi connectivity index (χ2n) is 2.63. The van der Waals surface area contributed by atoms with E-state index in [-0.39, 0.29) is 0 Å². The van der Waals surface area contributed by atoms with Crippen molar-refractivity contribution in [3.8, 4) is 0 Å². The summed E-state index contributed by atoms with van der Waals surface area (Å²) in [6, 6.07) is 0. The summed E-state index contributed by atoms with van der Waals surface area (Å²) < 4.78 is 10.4. The molecule has 2 aliphatic rings. The van der Waals surface area contributed by atoms with Gasteiger partial charge in [-0.1, -0.05) is 12.2 Å². The first-order chi connectivity index (χ1) is 5.36. The molecular formula is C9H10O2. The summed E-state index contributed by atoms with van der Waals surface area (Å²) in [5.74, 6) is 1.81. The van der Waals surface area contributed by atoms with Gasteiger partial charge in [-0.25, -0.2) is 0 Å². The molecule has 0 N–H and O–H groups in total. The number of methoxy groups -OCH3 is 2. The second kappa shape index (κ2) is 2.16. The third kappa shape index (κ3) is 0.723. The highest BCUT2D eigenvalue weighted by Gasteiger charge is 2.27. The largest absolute Gasteiger partial charge is 0.493 e. The molecule has 11 heavy (non-hydrogen) atoms. The molecule has 0 aromatic carbocycles. The first-order valence-electron chi connectivity index (χ1n) is 3.59. The third-order valence-corrected chi connectivity index (χ3v) is 2.06. The lowest BCUT2D eigenvalue weighted by Crippen LogP contribution is -1.96. The van der Waals surface area contributed by atoms with Crippen molar-refractivity contribution in [2.75, 3.05) is 14.2 Å². The molecule has 0 atom stereocenters. The molecule has 2 aliphatic carbocycles. The Hall–Kier alpha value is -1.18. The molecule has 0 saturated heterocycles. The van der Waals surface area contributed by atoms with Crippen molar-refractivity contribution in [2.45, 2.75) is 6.42 Å². The maximum atomic E-state index is 5.19. The number of hydrogen-bond acceptors (Lipinski definition) is 2. The predicted molar refractivity (Wildman–Crippen MR) is 41.8 cm³/mol. The number of rotatable bonds is 2. The van der Waals surface area contributed by atoms with E-state index in [2.05, 4.69) is 12.2 Å². The molecule has 0 fully saturated rings. The molecule has 0 aromatic rings. The van der Waals surface area contributed by atoms with Crippen LogP contribution in [0.2, 0.25) is 0 Å². The van der Waals surface area contributed by atoms with E-state index in [9.17, 15) is 0 Å². The summed E-state index contributed by atoms with van der Waals surface area (Å²) in [6.07, 6.45) is 5.14. The SMILES string of the molecule is COC1=C2C=CC(=C1OC)C2. The number of hydrogen-bond donors (Lipinski definition) is 0. The third-order valence-electron chi connectivity index (χ3n) is 2.06. The van der Waals surface area contributed by atoms with Crippen LogP contribution in [-0.4, -0.2) is 14.2 Å². The molecular weight excluding hydrogens is 140 g/mol. The zero-order chi connectivity index (χ0) is 7.84. The van der Waals surface area contributed by atoms with Gasteiger partial charge >= 0.3 is 0 Å². The van der Waals surface area contributed by atoms with Gasteiger partial charge in [-0.05, 0) is 0 Å². The molecule has 2 bridgehead atoms. The Morgan fingerprint density at radius 1 is 1.00 bits per heavy atom. The monoisotopic (exact) mass is 150 g/mol. The van der Waals surface area contributed by atoms with E-state index in [1.54, 1.807) is 14.2 Å². The summed E-state index contributed by atoms with van der Waals surface area (Å²) in [5, 5.41) is 0. The van der Waals surface area contributed by atoms with Gasteiger partial charge in [0.2, 0.25) is 0 Å². The van der Waals surface area contributed by atoms with Crippen LogP contribution in [0.4, 0.5) is 0 Å². The van der Waals surface area contributed by atoms with Gasteiger partial charge in [0, 0.05) is 17.6 Å². The fourth-order valence-electron chi connectivity index (χ4n) is 1.58. The van der Waals surface area contributed by atoms with Gasteiger partial charge < -0.3 is 9.47 Å². The summed E-state index contributed by atoms with van der Waals surface area (Å²) >= 11 is 0. The lowest BCUT2D eigenvalue weighted by molar-refractivity contribution is 0.220. The standard InChI is InChI=1S/C9H10O2/c1-10-8-6-3-4-7(5-6)9(8)11-2/h3-4H,5H2,1-2H3. The van der Waals surface area contributed by atoms with Crippen LogP contribution in [0.3, 0.4) is 0 Å². The molecule has 2 heteroatoms. The van der Waals surface area contributed by atoms with Crippen LogP contribution in [0.1, 0.15) is 6.42 Å². The van der Waals surface area contributed by atoms with Crippen LogP contribution in [0.5, 0.6) is 0 Å². The van der Waals surface area contributed by atoms with E-state index in [1.807, 2.05) is 0 Å². The maximum Gasteiger partial charge on any atom is 0.164 e. The zero-order valence-electron chi connectivity index (χ0n) is 6.68. The molecule has 2 rings (SSSR count). The highest BCUT2D eigenvalue weighted by Crippen LogP contribution is 2.39. The van der Waals surface area contributed by atoms with E-state index >= 15 is 0 Å². The van der Waals surface area contributed by atoms with Crippen LogP contribution < -0.4 is 0 Å². The Kier molecular flexibility index (Phi) is 1.28. The average Bonchev–Trinajstić information content (AvgIpc) is 2.60. The van der Waals surface area contributed by atoms with Crippen molar-refractivity contribution >= 4 is 0 Å². The van der Waals surface area contributed by atoms with Gasteiger partial charge in [0.05, 0.1) is 14.2 Å². The number of ether oxygens (including phenoxy) is 2. The highest BCUT2D eigenvalue weighted by molar-refractivity contribution is 5.56. The molecule has 0 saturated carbocycles. The van der Waals surface area contributed by atoms with Crippen LogP contribution in [0, 0.1) is 0 Å². The van der Waals surface area contributed by atoms with Gasteiger partial charge in [-0.2, -0.15) is 0 Å². The van der Waals surface area contributed by atoms with Crippen molar-refractivity contribution in [3.63, 3.8) is 0 Å². The number of fused-ring (bicyclic) bond motifs is 2. The van der Waals surface area contributed by atoms with Gasteiger partial charge in [0.25, 0.3) is 0 Å². The minimum Gasteiger partial charge on any atom is -0.493 e. The summed E-state index contributed by atoms with van der Waals surface area (Å²) in [4.78, 5) is 0. The Morgan fingerprint density at radius 3 is 1.82 bits per heavy atom. The molecule has 0 aliphatic heterocycles. The normalized spacial score (nSPS) is 20.2. The molecule has 2 nitrogen and oxygen atoms in total. The minimum absolute atomic E-state index is 0.907. The van der Waals surface area contributed by atoms with E-state index in [1.165, 1.54) is 11.1 Å². The fraction of sp³-hybridized carbons (Fsp3) is 0.333. The Labute approximate surface area is 65.8 Å². The highest BCUT2D eigenvalue weighted by atomic mass is 16.5. The smallest absolute Gasteiger partial charge is 0.164 e. The molecule has 0 radical (unpaired) electrons. The van der Waals surface area contributed by atoms with Gasteiger partial charge in [-0.15, -0.1) is 0 Å². The summed E-state index contributed by atoms with van der Waals surface area (Å²) in [6.45, 7) is 0. The Bertz CT molecular complexity index is 254. The molecule has 0 aromatic heterocycles. The van der Waals surface area contributed by atoms with Crippen molar-refractivity contribution < 1.29 is 9.47 Å². The summed E-state index contributed by atoms with van der Waals surface area (Å²) in [7, 11) is 3.35. The second-order valence-corrected chi connectivity index (χ2v) is 2.63. The van der Waals surface area contributed by atoms with Crippen LogP contribution >= 0.6 is 0 Å². The first kappa shape index (κ1) is 6.53. The molecule has 0 heterocycles. The molecule has 58 valence electrons. The van der Waals surface area contributed by atoms with E-state index in [0.29, 0.717) is 0 Å². The predicted octanol–water partition coefficient (Wildman–Crippen LogP) is 1.76. The van der Waals surface area contributed by atoms with Gasteiger partial charge in [0.15, 0.2) is 11.5 Å². The van der Waals surface area contributed by atoms with Crippen LogP contribution in [0.25, 0.3) is 0 Å².